The van der Waals surface area contributed by atoms with E-state index in [1.807, 2.05) is 0 Å². The predicted octanol–water partition coefficient (Wildman–Crippen LogP) is 2.73. The molecule has 1 aliphatic heterocycles. The molecule has 0 radical (unpaired) electrons. The van der Waals surface area contributed by atoms with Crippen molar-refractivity contribution in [3.8, 4) is 0 Å². The molecule has 1 aromatic heterocycles. The fourth-order valence-corrected chi connectivity index (χ4v) is 3.48. The zero-order chi connectivity index (χ0) is 8.93. The van der Waals surface area contributed by atoms with E-state index in [9.17, 15) is 0 Å². The smallest absolute Gasteiger partial charge is 0.0214 e. The summed E-state index contributed by atoms with van der Waals surface area (Å²) in [7, 11) is 0. The second kappa shape index (κ2) is 5.03. The Hall–Kier alpha value is 0.01000. The maximum absolute atomic E-state index is 3.52. The van der Waals surface area contributed by atoms with Gasteiger partial charge in [0, 0.05) is 18.3 Å². The van der Waals surface area contributed by atoms with Gasteiger partial charge in [0.05, 0.1) is 0 Å². The first kappa shape index (κ1) is 9.56. The van der Waals surface area contributed by atoms with Gasteiger partial charge < -0.3 is 5.32 Å². The van der Waals surface area contributed by atoms with Gasteiger partial charge >= 0.3 is 0 Å². The van der Waals surface area contributed by atoms with Gasteiger partial charge in [-0.25, -0.2) is 0 Å². The second-order valence-electron chi connectivity index (χ2n) is 3.40. The molecule has 2 rings (SSSR count). The largest absolute Gasteiger partial charge is 0.312 e. The highest BCUT2D eigenvalue weighted by Crippen LogP contribution is 2.25. The van der Waals surface area contributed by atoms with Crippen LogP contribution in [-0.2, 0) is 6.54 Å². The van der Waals surface area contributed by atoms with Gasteiger partial charge in [0.25, 0.3) is 0 Å². The van der Waals surface area contributed by atoms with E-state index < -0.39 is 0 Å². The Balaban J connectivity index is 1.63. The molecule has 1 unspecified atom stereocenters. The standard InChI is InChI=1S/C10H15NS2/c1-2-10(13-4-1)7-11-6-9-3-5-12-8-9/h3,5,8,10-11H,1-2,4,6-7H2. The average Bonchev–Trinajstić information content (AvgIpc) is 2.75. The fraction of sp³-hybridized carbons (Fsp3) is 0.600. The van der Waals surface area contributed by atoms with Gasteiger partial charge in [0.15, 0.2) is 0 Å². The normalized spacial score (nSPS) is 22.3. The van der Waals surface area contributed by atoms with Crippen LogP contribution >= 0.6 is 23.1 Å². The number of rotatable bonds is 4. The second-order valence-corrected chi connectivity index (χ2v) is 5.59. The Morgan fingerprint density at radius 1 is 1.54 bits per heavy atom. The number of thioether (sulfide) groups is 1. The third-order valence-electron chi connectivity index (χ3n) is 2.31. The van der Waals surface area contributed by atoms with Gasteiger partial charge in [-0.1, -0.05) is 0 Å². The first-order chi connectivity index (χ1) is 6.45. The summed E-state index contributed by atoms with van der Waals surface area (Å²) in [5.41, 5.74) is 1.42. The minimum absolute atomic E-state index is 0.874. The maximum atomic E-state index is 3.52. The van der Waals surface area contributed by atoms with Crippen molar-refractivity contribution in [2.75, 3.05) is 12.3 Å². The van der Waals surface area contributed by atoms with E-state index in [0.29, 0.717) is 0 Å². The molecule has 0 amide bonds. The lowest BCUT2D eigenvalue weighted by atomic mass is 10.2. The molecule has 1 atom stereocenters. The molecule has 1 fully saturated rings. The van der Waals surface area contributed by atoms with E-state index in [4.69, 9.17) is 0 Å². The molecule has 1 aromatic rings. The Kier molecular flexibility index (Phi) is 3.70. The average molecular weight is 213 g/mol. The summed E-state index contributed by atoms with van der Waals surface area (Å²) in [4.78, 5) is 0. The summed E-state index contributed by atoms with van der Waals surface area (Å²) in [5.74, 6) is 1.37. The fourth-order valence-electron chi connectivity index (χ4n) is 1.58. The Bertz CT molecular complexity index is 227. The zero-order valence-electron chi connectivity index (χ0n) is 7.66. The molecular formula is C10H15NS2. The summed E-state index contributed by atoms with van der Waals surface area (Å²) < 4.78 is 0. The molecule has 1 N–H and O–H groups in total. The SMILES string of the molecule is c1cc(CNCC2CCCS2)cs1. The Morgan fingerprint density at radius 2 is 2.54 bits per heavy atom. The third-order valence-corrected chi connectivity index (χ3v) is 4.44. The van der Waals surface area contributed by atoms with Crippen LogP contribution in [0, 0.1) is 0 Å². The molecular weight excluding hydrogens is 198 g/mol. The molecule has 3 heteroatoms. The minimum atomic E-state index is 0.874. The molecule has 2 heterocycles. The van der Waals surface area contributed by atoms with Crippen molar-refractivity contribution < 1.29 is 0 Å². The van der Waals surface area contributed by atoms with Gasteiger partial charge in [-0.15, -0.1) is 0 Å². The number of hydrogen-bond acceptors (Lipinski definition) is 3. The van der Waals surface area contributed by atoms with Crippen LogP contribution in [0.2, 0.25) is 0 Å². The van der Waals surface area contributed by atoms with Gasteiger partial charge in [0.1, 0.15) is 0 Å². The van der Waals surface area contributed by atoms with Crippen LogP contribution in [0.5, 0.6) is 0 Å². The lowest BCUT2D eigenvalue weighted by Crippen LogP contribution is -2.22. The minimum Gasteiger partial charge on any atom is -0.312 e. The van der Waals surface area contributed by atoms with Gasteiger partial charge in [-0.05, 0) is 41.0 Å². The van der Waals surface area contributed by atoms with E-state index in [2.05, 4.69) is 33.9 Å². The Labute approximate surface area is 87.9 Å². The zero-order valence-corrected chi connectivity index (χ0v) is 9.29. The van der Waals surface area contributed by atoms with Gasteiger partial charge in [-0.3, -0.25) is 0 Å². The van der Waals surface area contributed by atoms with Crippen molar-refractivity contribution in [3.05, 3.63) is 22.4 Å². The van der Waals surface area contributed by atoms with E-state index >= 15 is 0 Å². The van der Waals surface area contributed by atoms with Crippen molar-refractivity contribution >= 4 is 23.1 Å². The highest BCUT2D eigenvalue weighted by Gasteiger charge is 2.14. The topological polar surface area (TPSA) is 12.0 Å². The van der Waals surface area contributed by atoms with E-state index in [0.717, 1.165) is 11.8 Å². The number of nitrogens with one attached hydrogen (secondary N) is 1. The number of thiophene rings is 1. The monoisotopic (exact) mass is 213 g/mol. The van der Waals surface area contributed by atoms with Crippen molar-refractivity contribution in [3.63, 3.8) is 0 Å². The Morgan fingerprint density at radius 3 is 3.23 bits per heavy atom. The third kappa shape index (κ3) is 3.01. The van der Waals surface area contributed by atoms with Gasteiger partial charge in [-0.2, -0.15) is 23.1 Å². The number of hydrogen-bond donors (Lipinski definition) is 1. The highest BCUT2D eigenvalue weighted by atomic mass is 32.2. The molecule has 13 heavy (non-hydrogen) atoms. The summed E-state index contributed by atoms with van der Waals surface area (Å²) in [5, 5.41) is 8.75. The van der Waals surface area contributed by atoms with Crippen LogP contribution in [0.1, 0.15) is 18.4 Å². The van der Waals surface area contributed by atoms with Crippen LogP contribution in [-0.4, -0.2) is 17.5 Å². The van der Waals surface area contributed by atoms with Crippen LogP contribution < -0.4 is 5.32 Å². The molecule has 1 saturated heterocycles. The predicted molar refractivity (Wildman–Crippen MR) is 61.5 cm³/mol. The van der Waals surface area contributed by atoms with Crippen LogP contribution in [0.4, 0.5) is 0 Å². The first-order valence-electron chi connectivity index (χ1n) is 4.78. The summed E-state index contributed by atoms with van der Waals surface area (Å²) in [6, 6.07) is 2.19. The molecule has 0 aliphatic carbocycles. The van der Waals surface area contributed by atoms with Crippen LogP contribution in [0.15, 0.2) is 16.8 Å². The highest BCUT2D eigenvalue weighted by molar-refractivity contribution is 8.00. The molecule has 0 spiro atoms. The van der Waals surface area contributed by atoms with Crippen molar-refractivity contribution in [2.45, 2.75) is 24.6 Å². The van der Waals surface area contributed by atoms with Crippen molar-refractivity contribution in [2.24, 2.45) is 0 Å². The quantitative estimate of drug-likeness (QED) is 0.825. The molecule has 1 aliphatic rings. The molecule has 0 bridgehead atoms. The molecule has 72 valence electrons. The summed E-state index contributed by atoms with van der Waals surface area (Å²) >= 11 is 3.90. The maximum Gasteiger partial charge on any atom is 0.0214 e. The lowest BCUT2D eigenvalue weighted by Gasteiger charge is -2.08. The lowest BCUT2D eigenvalue weighted by molar-refractivity contribution is 0.647. The van der Waals surface area contributed by atoms with E-state index in [1.54, 1.807) is 11.3 Å². The summed E-state index contributed by atoms with van der Waals surface area (Å²) in [6.07, 6.45) is 2.82. The van der Waals surface area contributed by atoms with Gasteiger partial charge in [0.2, 0.25) is 0 Å². The molecule has 0 saturated carbocycles. The first-order valence-corrected chi connectivity index (χ1v) is 6.78. The van der Waals surface area contributed by atoms with Crippen LogP contribution in [0.3, 0.4) is 0 Å². The molecule has 1 nitrogen and oxygen atoms in total. The van der Waals surface area contributed by atoms with Crippen LogP contribution in [0.25, 0.3) is 0 Å². The van der Waals surface area contributed by atoms with Crippen molar-refractivity contribution in [1.29, 1.82) is 0 Å². The molecule has 0 aromatic carbocycles. The summed E-state index contributed by atoms with van der Waals surface area (Å²) in [6.45, 7) is 2.22. The van der Waals surface area contributed by atoms with E-state index in [1.165, 1.54) is 30.7 Å². The van der Waals surface area contributed by atoms with E-state index in [-0.39, 0.29) is 0 Å². The van der Waals surface area contributed by atoms with Crippen molar-refractivity contribution in [1.82, 2.24) is 5.32 Å².